The summed E-state index contributed by atoms with van der Waals surface area (Å²) in [6, 6.07) is 12.3. The number of nitro benzene ring substituents is 1. The van der Waals surface area contributed by atoms with Crippen molar-refractivity contribution in [3.8, 4) is 11.5 Å². The molecule has 1 aliphatic rings. The molecule has 0 amide bonds. The van der Waals surface area contributed by atoms with E-state index in [0.29, 0.717) is 19.6 Å². The molecule has 0 spiro atoms. The van der Waals surface area contributed by atoms with Crippen LogP contribution in [0.2, 0.25) is 0 Å². The van der Waals surface area contributed by atoms with Gasteiger partial charge >= 0.3 is 5.97 Å². The zero-order valence-electron chi connectivity index (χ0n) is 15.5. The summed E-state index contributed by atoms with van der Waals surface area (Å²) in [6.07, 6.45) is 0.303. The second-order valence-electron chi connectivity index (χ2n) is 6.17. The van der Waals surface area contributed by atoms with Crippen LogP contribution in [0.3, 0.4) is 0 Å². The molecule has 1 unspecified atom stereocenters. The summed E-state index contributed by atoms with van der Waals surface area (Å²) in [5.41, 5.74) is 0.556. The minimum Gasteiger partial charge on any atom is -0.486 e. The monoisotopic (exact) mass is 387 g/mol. The zero-order chi connectivity index (χ0) is 19.9. The van der Waals surface area contributed by atoms with Crippen molar-refractivity contribution in [1.29, 1.82) is 0 Å². The first-order valence-corrected chi connectivity index (χ1v) is 8.99. The van der Waals surface area contributed by atoms with Crippen LogP contribution in [0.5, 0.6) is 11.5 Å². The molecule has 0 saturated heterocycles. The molecule has 28 heavy (non-hydrogen) atoms. The fraction of sp³-hybridized carbons (Fsp3) is 0.350. The molecule has 0 fully saturated rings. The Kier molecular flexibility index (Phi) is 6.44. The Morgan fingerprint density at radius 1 is 1.25 bits per heavy atom. The Morgan fingerprint density at radius 2 is 2.04 bits per heavy atom. The summed E-state index contributed by atoms with van der Waals surface area (Å²) in [4.78, 5) is 22.7. The van der Waals surface area contributed by atoms with E-state index in [1.54, 1.807) is 6.92 Å². The summed E-state index contributed by atoms with van der Waals surface area (Å²) in [6.45, 7) is 2.97. The Balaban J connectivity index is 1.62. The Labute approximate surface area is 162 Å². The van der Waals surface area contributed by atoms with Crippen LogP contribution in [0, 0.1) is 10.1 Å². The Hall–Kier alpha value is -3.13. The number of carbonyl (C=O) groups is 1. The van der Waals surface area contributed by atoms with Gasteiger partial charge in [0.25, 0.3) is 5.69 Å². The van der Waals surface area contributed by atoms with Crippen LogP contribution in [-0.2, 0) is 16.1 Å². The molecule has 0 aliphatic carbocycles. The summed E-state index contributed by atoms with van der Waals surface area (Å²) in [7, 11) is 0. The van der Waals surface area contributed by atoms with Crippen LogP contribution in [0.1, 0.15) is 29.3 Å². The highest BCUT2D eigenvalue weighted by molar-refractivity contribution is 5.95. The topological polar surface area (TPSA) is 97.1 Å². The lowest BCUT2D eigenvalue weighted by molar-refractivity contribution is -0.385. The van der Waals surface area contributed by atoms with E-state index in [9.17, 15) is 14.9 Å². The minimum absolute atomic E-state index is 0.117. The molecular formula is C20H21NO7. The molecule has 1 atom stereocenters. The number of hydrogen-bond donors (Lipinski definition) is 0. The lowest BCUT2D eigenvalue weighted by Gasteiger charge is -2.26. The number of carbonyl (C=O) groups excluding carboxylic acids is 1. The third-order valence-corrected chi connectivity index (χ3v) is 4.17. The van der Waals surface area contributed by atoms with Crippen molar-refractivity contribution in [2.75, 3.05) is 19.8 Å². The van der Waals surface area contributed by atoms with Gasteiger partial charge in [0.2, 0.25) is 0 Å². The van der Waals surface area contributed by atoms with E-state index in [1.807, 2.05) is 30.3 Å². The first-order chi connectivity index (χ1) is 13.6. The van der Waals surface area contributed by atoms with Crippen LogP contribution < -0.4 is 9.47 Å². The molecule has 1 aliphatic heterocycles. The van der Waals surface area contributed by atoms with Gasteiger partial charge in [0.15, 0.2) is 11.5 Å². The van der Waals surface area contributed by atoms with Crippen molar-refractivity contribution in [3.05, 3.63) is 63.7 Å². The van der Waals surface area contributed by atoms with Crippen LogP contribution in [0.25, 0.3) is 0 Å². The fourth-order valence-corrected chi connectivity index (χ4v) is 2.80. The molecule has 0 saturated carbocycles. The molecule has 2 aromatic rings. The fourth-order valence-electron chi connectivity index (χ4n) is 2.80. The largest absolute Gasteiger partial charge is 0.486 e. The van der Waals surface area contributed by atoms with E-state index in [1.165, 1.54) is 12.1 Å². The predicted molar refractivity (Wildman–Crippen MR) is 99.7 cm³/mol. The third kappa shape index (κ3) is 4.77. The van der Waals surface area contributed by atoms with Gasteiger partial charge in [-0.15, -0.1) is 0 Å². The molecule has 0 bridgehead atoms. The van der Waals surface area contributed by atoms with Gasteiger partial charge in [-0.3, -0.25) is 10.1 Å². The third-order valence-electron chi connectivity index (χ3n) is 4.17. The maximum atomic E-state index is 12.0. The summed E-state index contributed by atoms with van der Waals surface area (Å²) in [5, 5.41) is 11.3. The van der Waals surface area contributed by atoms with Crippen LogP contribution in [-0.4, -0.2) is 36.8 Å². The highest BCUT2D eigenvalue weighted by atomic mass is 16.6. The second kappa shape index (κ2) is 9.18. The maximum absolute atomic E-state index is 12.0. The number of rotatable bonds is 8. The van der Waals surface area contributed by atoms with Gasteiger partial charge in [-0.2, -0.15) is 0 Å². The molecule has 0 radical (unpaired) electrons. The first-order valence-electron chi connectivity index (χ1n) is 8.99. The van der Waals surface area contributed by atoms with Crippen LogP contribution >= 0.6 is 0 Å². The highest BCUT2D eigenvalue weighted by Crippen LogP contribution is 2.38. The van der Waals surface area contributed by atoms with E-state index < -0.39 is 10.9 Å². The van der Waals surface area contributed by atoms with Crippen molar-refractivity contribution >= 4 is 11.7 Å². The maximum Gasteiger partial charge on any atom is 0.345 e. The summed E-state index contributed by atoms with van der Waals surface area (Å²) < 4.78 is 22.0. The molecule has 3 rings (SSSR count). The van der Waals surface area contributed by atoms with E-state index in [0.717, 1.165) is 5.56 Å². The van der Waals surface area contributed by atoms with Gasteiger partial charge in [0, 0.05) is 12.5 Å². The normalized spacial score (nSPS) is 15.1. The molecular weight excluding hydrogens is 366 g/mol. The van der Waals surface area contributed by atoms with E-state index in [2.05, 4.69) is 0 Å². The number of fused-ring (bicyclic) bond motifs is 1. The zero-order valence-corrected chi connectivity index (χ0v) is 15.5. The molecule has 0 N–H and O–H groups in total. The van der Waals surface area contributed by atoms with Crippen molar-refractivity contribution in [1.82, 2.24) is 0 Å². The standard InChI is InChI=1S/C20H21NO7/c1-2-26-20(22)16-10-19-18(11-17(16)21(23)24)27-13-15(28-19)8-9-25-12-14-6-4-3-5-7-14/h3-7,10-11,15H,2,8-9,12-13H2,1H3. The number of benzene rings is 2. The predicted octanol–water partition coefficient (Wildman–Crippen LogP) is 3.52. The van der Waals surface area contributed by atoms with E-state index in [-0.39, 0.29) is 42.1 Å². The number of esters is 1. The average molecular weight is 387 g/mol. The average Bonchev–Trinajstić information content (AvgIpc) is 2.71. The van der Waals surface area contributed by atoms with E-state index in [4.69, 9.17) is 18.9 Å². The molecule has 8 heteroatoms. The van der Waals surface area contributed by atoms with Gasteiger partial charge in [-0.05, 0) is 12.5 Å². The lowest BCUT2D eigenvalue weighted by Crippen LogP contribution is -2.30. The summed E-state index contributed by atoms with van der Waals surface area (Å²) >= 11 is 0. The minimum atomic E-state index is -0.770. The van der Waals surface area contributed by atoms with Crippen molar-refractivity contribution in [3.63, 3.8) is 0 Å². The van der Waals surface area contributed by atoms with E-state index >= 15 is 0 Å². The first kappa shape index (κ1) is 19.6. The number of ether oxygens (including phenoxy) is 4. The van der Waals surface area contributed by atoms with Gasteiger partial charge < -0.3 is 18.9 Å². The molecule has 1 heterocycles. The number of hydrogen-bond acceptors (Lipinski definition) is 7. The summed E-state index contributed by atoms with van der Waals surface area (Å²) in [5.74, 6) is -0.247. The lowest BCUT2D eigenvalue weighted by atomic mass is 10.1. The van der Waals surface area contributed by atoms with Crippen LogP contribution in [0.4, 0.5) is 5.69 Å². The van der Waals surface area contributed by atoms with Crippen LogP contribution in [0.15, 0.2) is 42.5 Å². The highest BCUT2D eigenvalue weighted by Gasteiger charge is 2.29. The second-order valence-corrected chi connectivity index (χ2v) is 6.17. The molecule has 2 aromatic carbocycles. The smallest absolute Gasteiger partial charge is 0.345 e. The molecule has 0 aromatic heterocycles. The Bertz CT molecular complexity index is 838. The van der Waals surface area contributed by atoms with Crippen molar-refractivity contribution < 1.29 is 28.7 Å². The number of nitro groups is 1. The van der Waals surface area contributed by atoms with Gasteiger partial charge in [0.1, 0.15) is 18.3 Å². The van der Waals surface area contributed by atoms with Gasteiger partial charge in [0.05, 0.1) is 30.8 Å². The quantitative estimate of drug-likeness (QED) is 0.296. The SMILES string of the molecule is CCOC(=O)c1cc2c(cc1[N+](=O)[O-])OCC(CCOCc1ccccc1)O2. The number of nitrogens with zero attached hydrogens (tertiary/aromatic N) is 1. The van der Waals surface area contributed by atoms with Gasteiger partial charge in [-0.1, -0.05) is 30.3 Å². The van der Waals surface area contributed by atoms with Crippen molar-refractivity contribution in [2.45, 2.75) is 26.1 Å². The van der Waals surface area contributed by atoms with Gasteiger partial charge in [-0.25, -0.2) is 4.79 Å². The Morgan fingerprint density at radius 3 is 2.75 bits per heavy atom. The van der Waals surface area contributed by atoms with Crippen molar-refractivity contribution in [2.24, 2.45) is 0 Å². The molecule has 148 valence electrons. The molecule has 8 nitrogen and oxygen atoms in total.